The van der Waals surface area contributed by atoms with Crippen LogP contribution in [0, 0.1) is 0 Å². The Morgan fingerprint density at radius 3 is 2.88 bits per heavy atom. The summed E-state index contributed by atoms with van der Waals surface area (Å²) in [6.45, 7) is 0.933. The van der Waals surface area contributed by atoms with E-state index in [9.17, 15) is 4.79 Å². The number of rotatable bonds is 4. The molecular weight excluding hydrogens is 222 g/mol. The fourth-order valence-electron chi connectivity index (χ4n) is 1.85. The molecule has 0 N–H and O–H groups in total. The third-order valence-electron chi connectivity index (χ3n) is 2.66. The first-order valence-corrected chi connectivity index (χ1v) is 5.69. The van der Waals surface area contributed by atoms with E-state index in [1.165, 1.54) is 5.56 Å². The second kappa shape index (κ2) is 5.07. The van der Waals surface area contributed by atoms with Gasteiger partial charge in [0.1, 0.15) is 6.61 Å². The van der Waals surface area contributed by atoms with Crippen molar-refractivity contribution in [3.05, 3.63) is 35.9 Å². The number of thiocarbonyl (C=S) groups is 1. The molecule has 1 aliphatic heterocycles. The highest BCUT2D eigenvalue weighted by Gasteiger charge is 2.31. The topological polar surface area (TPSA) is 29.5 Å². The van der Waals surface area contributed by atoms with E-state index in [0.29, 0.717) is 13.2 Å². The van der Waals surface area contributed by atoms with Gasteiger partial charge < -0.3 is 4.74 Å². The van der Waals surface area contributed by atoms with Gasteiger partial charge in [-0.2, -0.15) is 0 Å². The summed E-state index contributed by atoms with van der Waals surface area (Å²) in [4.78, 5) is 13.1. The minimum absolute atomic E-state index is 0.106. The molecule has 2 rings (SSSR count). The molecule has 3 nitrogen and oxygen atoms in total. The number of cyclic esters (lactones) is 1. The van der Waals surface area contributed by atoms with Crippen LogP contribution < -0.4 is 0 Å². The van der Waals surface area contributed by atoms with Gasteiger partial charge in [-0.05, 0) is 17.4 Å². The molecule has 0 bridgehead atoms. The summed E-state index contributed by atoms with van der Waals surface area (Å²) in [6, 6.07) is 10.2. The summed E-state index contributed by atoms with van der Waals surface area (Å²) in [5.41, 5.74) is 1.21. The van der Waals surface area contributed by atoms with Crippen LogP contribution in [-0.4, -0.2) is 35.6 Å². The number of carbonyl (C=O) groups is 1. The van der Waals surface area contributed by atoms with E-state index in [1.54, 1.807) is 10.3 Å². The van der Waals surface area contributed by atoms with Gasteiger partial charge in [0.15, 0.2) is 0 Å². The second-order valence-corrected chi connectivity index (χ2v) is 4.07. The van der Waals surface area contributed by atoms with Crippen molar-refractivity contribution in [2.75, 3.05) is 13.2 Å². The van der Waals surface area contributed by atoms with Crippen LogP contribution in [0.2, 0.25) is 0 Å². The second-order valence-electron chi connectivity index (χ2n) is 3.74. The molecule has 1 aliphatic rings. The first kappa shape index (κ1) is 11.1. The molecule has 4 heteroatoms. The standard InChI is InChI=1S/C12H13NO2S/c14-12-13(6-7-16)11(9-15-12)8-10-4-2-1-3-5-10/h1-5,7,11H,6,8-9H2/t11-/m0/s1. The molecule has 16 heavy (non-hydrogen) atoms. The van der Waals surface area contributed by atoms with Crippen molar-refractivity contribution in [2.24, 2.45) is 0 Å². The zero-order valence-corrected chi connectivity index (χ0v) is 9.65. The van der Waals surface area contributed by atoms with Crippen molar-refractivity contribution in [2.45, 2.75) is 12.5 Å². The van der Waals surface area contributed by atoms with Crippen LogP contribution in [0.1, 0.15) is 5.56 Å². The largest absolute Gasteiger partial charge is 0.447 e. The normalized spacial score (nSPS) is 19.6. The van der Waals surface area contributed by atoms with Crippen molar-refractivity contribution >= 4 is 23.7 Å². The first-order valence-electron chi connectivity index (χ1n) is 5.22. The molecule has 0 aliphatic carbocycles. The summed E-state index contributed by atoms with van der Waals surface area (Å²) in [5.74, 6) is 0. The maximum absolute atomic E-state index is 11.4. The summed E-state index contributed by atoms with van der Waals surface area (Å²) in [5, 5.41) is 1.56. The molecule has 0 radical (unpaired) electrons. The Morgan fingerprint density at radius 1 is 1.44 bits per heavy atom. The Hall–Kier alpha value is -1.42. The van der Waals surface area contributed by atoms with Crippen LogP contribution in [-0.2, 0) is 11.2 Å². The fourth-order valence-corrected chi connectivity index (χ4v) is 2.01. The third-order valence-corrected chi connectivity index (χ3v) is 2.81. The number of hydrogen-bond acceptors (Lipinski definition) is 3. The molecule has 1 aromatic rings. The minimum Gasteiger partial charge on any atom is -0.447 e. The zero-order chi connectivity index (χ0) is 11.4. The number of ether oxygens (including phenoxy) is 1. The van der Waals surface area contributed by atoms with Gasteiger partial charge in [-0.1, -0.05) is 42.5 Å². The molecule has 1 fully saturated rings. The highest BCUT2D eigenvalue weighted by Crippen LogP contribution is 2.16. The van der Waals surface area contributed by atoms with Crippen LogP contribution in [0.4, 0.5) is 4.79 Å². The SMILES string of the molecule is O=C1OC[C@H](Cc2ccccc2)N1CC=S. The van der Waals surface area contributed by atoms with Gasteiger partial charge >= 0.3 is 6.09 Å². The molecule has 1 heterocycles. The molecule has 0 saturated carbocycles. The zero-order valence-electron chi connectivity index (χ0n) is 8.83. The van der Waals surface area contributed by atoms with Crippen molar-refractivity contribution in [3.8, 4) is 0 Å². The maximum Gasteiger partial charge on any atom is 0.410 e. The lowest BCUT2D eigenvalue weighted by atomic mass is 10.1. The van der Waals surface area contributed by atoms with Crippen LogP contribution in [0.3, 0.4) is 0 Å². The molecule has 84 valence electrons. The van der Waals surface area contributed by atoms with E-state index in [4.69, 9.17) is 17.0 Å². The van der Waals surface area contributed by atoms with E-state index >= 15 is 0 Å². The summed E-state index contributed by atoms with van der Waals surface area (Å²) >= 11 is 4.78. The summed E-state index contributed by atoms with van der Waals surface area (Å²) in [7, 11) is 0. The van der Waals surface area contributed by atoms with Crippen molar-refractivity contribution in [1.29, 1.82) is 0 Å². The van der Waals surface area contributed by atoms with Gasteiger partial charge in [0.05, 0.1) is 12.6 Å². The lowest BCUT2D eigenvalue weighted by molar-refractivity contribution is 0.161. The van der Waals surface area contributed by atoms with E-state index in [-0.39, 0.29) is 12.1 Å². The predicted octanol–water partition coefficient (Wildman–Crippen LogP) is 2.05. The Labute approximate surface area is 100 Å². The van der Waals surface area contributed by atoms with Gasteiger partial charge in [-0.3, -0.25) is 4.90 Å². The Bertz CT molecular complexity index is 380. The van der Waals surface area contributed by atoms with Crippen LogP contribution >= 0.6 is 12.2 Å². The van der Waals surface area contributed by atoms with E-state index in [2.05, 4.69) is 12.1 Å². The minimum atomic E-state index is -0.262. The monoisotopic (exact) mass is 235 g/mol. The van der Waals surface area contributed by atoms with E-state index < -0.39 is 0 Å². The van der Waals surface area contributed by atoms with Gasteiger partial charge in [0.25, 0.3) is 0 Å². The number of nitrogens with zero attached hydrogens (tertiary/aromatic N) is 1. The van der Waals surface area contributed by atoms with Crippen LogP contribution in [0.5, 0.6) is 0 Å². The summed E-state index contributed by atoms with van der Waals surface area (Å²) in [6.07, 6.45) is 0.553. The lowest BCUT2D eigenvalue weighted by Gasteiger charge is -2.19. The molecule has 1 atom stereocenters. The molecule has 0 spiro atoms. The van der Waals surface area contributed by atoms with Gasteiger partial charge in [0, 0.05) is 0 Å². The number of carbonyl (C=O) groups excluding carboxylic acids is 1. The molecule has 0 unspecified atom stereocenters. The molecular formula is C12H13NO2S. The molecule has 1 saturated heterocycles. The average Bonchev–Trinajstić information content (AvgIpc) is 2.64. The Balaban J connectivity index is 2.04. The van der Waals surface area contributed by atoms with Crippen LogP contribution in [0.15, 0.2) is 30.3 Å². The third kappa shape index (κ3) is 2.39. The number of benzene rings is 1. The van der Waals surface area contributed by atoms with Gasteiger partial charge in [-0.25, -0.2) is 4.79 Å². The first-order chi connectivity index (χ1) is 7.81. The molecule has 1 amide bonds. The smallest absolute Gasteiger partial charge is 0.410 e. The van der Waals surface area contributed by atoms with E-state index in [0.717, 1.165) is 6.42 Å². The predicted molar refractivity (Wildman–Crippen MR) is 65.6 cm³/mol. The Kier molecular flexibility index (Phi) is 3.51. The lowest BCUT2D eigenvalue weighted by Crippen LogP contribution is -2.36. The molecule has 0 aromatic heterocycles. The van der Waals surface area contributed by atoms with Crippen molar-refractivity contribution in [3.63, 3.8) is 0 Å². The maximum atomic E-state index is 11.4. The van der Waals surface area contributed by atoms with Crippen LogP contribution in [0.25, 0.3) is 0 Å². The van der Waals surface area contributed by atoms with Gasteiger partial charge in [-0.15, -0.1) is 0 Å². The number of amides is 1. The fraction of sp³-hybridized carbons (Fsp3) is 0.333. The van der Waals surface area contributed by atoms with Crippen molar-refractivity contribution < 1.29 is 9.53 Å². The van der Waals surface area contributed by atoms with Crippen molar-refractivity contribution in [1.82, 2.24) is 4.90 Å². The Morgan fingerprint density at radius 2 is 2.19 bits per heavy atom. The average molecular weight is 235 g/mol. The van der Waals surface area contributed by atoms with Gasteiger partial charge in [0.2, 0.25) is 0 Å². The highest BCUT2D eigenvalue weighted by atomic mass is 32.1. The highest BCUT2D eigenvalue weighted by molar-refractivity contribution is 7.79. The van der Waals surface area contributed by atoms with E-state index in [1.807, 2.05) is 18.2 Å². The molecule has 1 aromatic carbocycles. The number of hydrogen-bond donors (Lipinski definition) is 0. The summed E-state index contributed by atoms with van der Waals surface area (Å²) < 4.78 is 5.02. The quantitative estimate of drug-likeness (QED) is 0.748.